The molecule has 1 atom stereocenters. The molecule has 1 fully saturated rings. The number of benzene rings is 1. The Hall–Kier alpha value is -1.53. The molecule has 0 aromatic heterocycles. The second kappa shape index (κ2) is 6.76. The first-order chi connectivity index (χ1) is 9.59. The summed E-state index contributed by atoms with van der Waals surface area (Å²) < 4.78 is 5.24. The molecular formula is C14H17NO4S. The zero-order valence-corrected chi connectivity index (χ0v) is 12.1. The van der Waals surface area contributed by atoms with Crippen molar-refractivity contribution >= 4 is 23.6 Å². The van der Waals surface area contributed by atoms with Gasteiger partial charge in [0.05, 0.1) is 18.8 Å². The molecule has 1 N–H and O–H groups in total. The van der Waals surface area contributed by atoms with Gasteiger partial charge in [-0.05, 0) is 19.1 Å². The Labute approximate surface area is 121 Å². The highest BCUT2D eigenvalue weighted by molar-refractivity contribution is 8.00. The van der Waals surface area contributed by atoms with Crippen molar-refractivity contribution in [2.24, 2.45) is 0 Å². The predicted octanol–water partition coefficient (Wildman–Crippen LogP) is 1.72. The van der Waals surface area contributed by atoms with E-state index in [2.05, 4.69) is 0 Å². The van der Waals surface area contributed by atoms with E-state index in [0.29, 0.717) is 36.8 Å². The van der Waals surface area contributed by atoms with Crippen molar-refractivity contribution in [1.29, 1.82) is 0 Å². The van der Waals surface area contributed by atoms with E-state index in [1.807, 2.05) is 6.07 Å². The van der Waals surface area contributed by atoms with Gasteiger partial charge < -0.3 is 14.7 Å². The van der Waals surface area contributed by atoms with Crippen LogP contribution in [0.3, 0.4) is 0 Å². The fourth-order valence-corrected chi connectivity index (χ4v) is 2.84. The predicted molar refractivity (Wildman–Crippen MR) is 76.1 cm³/mol. The Bertz CT molecular complexity index is 500. The molecule has 2 rings (SSSR count). The van der Waals surface area contributed by atoms with Gasteiger partial charge in [-0.15, -0.1) is 11.8 Å². The van der Waals surface area contributed by atoms with Crippen molar-refractivity contribution in [3.63, 3.8) is 0 Å². The van der Waals surface area contributed by atoms with Crippen LogP contribution in [-0.2, 0) is 9.53 Å². The Kier molecular flexibility index (Phi) is 5.03. The first kappa shape index (κ1) is 14.9. The van der Waals surface area contributed by atoms with Crippen molar-refractivity contribution in [1.82, 2.24) is 4.90 Å². The third-order valence-corrected chi connectivity index (χ3v) is 4.23. The molecular weight excluding hydrogens is 278 g/mol. The number of carbonyl (C=O) groups is 2. The number of nitrogens with zero attached hydrogens (tertiary/aromatic N) is 1. The molecule has 0 spiro atoms. The maximum Gasteiger partial charge on any atom is 0.316 e. The summed E-state index contributed by atoms with van der Waals surface area (Å²) in [4.78, 5) is 25.9. The molecule has 6 heteroatoms. The van der Waals surface area contributed by atoms with Gasteiger partial charge in [0, 0.05) is 18.0 Å². The van der Waals surface area contributed by atoms with Crippen LogP contribution in [0.5, 0.6) is 0 Å². The van der Waals surface area contributed by atoms with Gasteiger partial charge in [-0.1, -0.05) is 12.1 Å². The number of aliphatic carboxylic acids is 1. The average molecular weight is 295 g/mol. The van der Waals surface area contributed by atoms with Gasteiger partial charge in [0.2, 0.25) is 0 Å². The van der Waals surface area contributed by atoms with Gasteiger partial charge in [-0.25, -0.2) is 0 Å². The molecule has 1 aromatic rings. The Morgan fingerprint density at radius 2 is 1.95 bits per heavy atom. The fraction of sp³-hybridized carbons (Fsp3) is 0.429. The molecule has 1 saturated heterocycles. The molecule has 1 aromatic carbocycles. The Morgan fingerprint density at radius 1 is 1.30 bits per heavy atom. The minimum Gasteiger partial charge on any atom is -0.480 e. The topological polar surface area (TPSA) is 66.8 Å². The van der Waals surface area contributed by atoms with Crippen LogP contribution >= 0.6 is 11.8 Å². The van der Waals surface area contributed by atoms with E-state index in [9.17, 15) is 9.59 Å². The molecule has 0 aliphatic carbocycles. The van der Waals surface area contributed by atoms with E-state index in [1.54, 1.807) is 30.0 Å². The molecule has 1 aliphatic heterocycles. The molecule has 1 unspecified atom stereocenters. The zero-order valence-electron chi connectivity index (χ0n) is 11.2. The van der Waals surface area contributed by atoms with Crippen molar-refractivity contribution < 1.29 is 19.4 Å². The van der Waals surface area contributed by atoms with Gasteiger partial charge in [0.1, 0.15) is 5.25 Å². The molecule has 108 valence electrons. The molecule has 0 bridgehead atoms. The van der Waals surface area contributed by atoms with E-state index >= 15 is 0 Å². The van der Waals surface area contributed by atoms with Crippen LogP contribution in [0.1, 0.15) is 17.3 Å². The second-order valence-corrected chi connectivity index (χ2v) is 5.88. The minimum atomic E-state index is -0.886. The molecule has 0 radical (unpaired) electrons. The van der Waals surface area contributed by atoms with Gasteiger partial charge in [0.15, 0.2) is 0 Å². The lowest BCUT2D eigenvalue weighted by molar-refractivity contribution is -0.136. The summed E-state index contributed by atoms with van der Waals surface area (Å²) >= 11 is 1.19. The van der Waals surface area contributed by atoms with Crippen molar-refractivity contribution in [3.8, 4) is 0 Å². The van der Waals surface area contributed by atoms with Crippen LogP contribution in [-0.4, -0.2) is 53.4 Å². The molecule has 20 heavy (non-hydrogen) atoms. The van der Waals surface area contributed by atoms with Gasteiger partial charge in [-0.3, -0.25) is 9.59 Å². The smallest absolute Gasteiger partial charge is 0.316 e. The van der Waals surface area contributed by atoms with E-state index < -0.39 is 11.2 Å². The minimum absolute atomic E-state index is 0.0611. The van der Waals surface area contributed by atoms with Crippen LogP contribution in [0.4, 0.5) is 0 Å². The van der Waals surface area contributed by atoms with Crippen LogP contribution in [0.2, 0.25) is 0 Å². The van der Waals surface area contributed by atoms with Crippen molar-refractivity contribution in [3.05, 3.63) is 29.8 Å². The Morgan fingerprint density at radius 3 is 2.60 bits per heavy atom. The quantitative estimate of drug-likeness (QED) is 0.857. The molecule has 1 heterocycles. The first-order valence-corrected chi connectivity index (χ1v) is 7.33. The lowest BCUT2D eigenvalue weighted by Gasteiger charge is -2.27. The van der Waals surface area contributed by atoms with Crippen LogP contribution in [0.25, 0.3) is 0 Å². The number of thioether (sulfide) groups is 1. The van der Waals surface area contributed by atoms with E-state index in [4.69, 9.17) is 9.84 Å². The third-order valence-electron chi connectivity index (χ3n) is 3.07. The standard InChI is InChI=1S/C14H17NO4S/c1-10(14(17)18)20-12-5-3-2-4-11(12)13(16)15-6-8-19-9-7-15/h2-5,10H,6-9H2,1H3,(H,17,18). The Balaban J connectivity index is 2.18. The largest absolute Gasteiger partial charge is 0.480 e. The second-order valence-electron chi connectivity index (χ2n) is 4.50. The highest BCUT2D eigenvalue weighted by Gasteiger charge is 2.22. The number of hydrogen-bond acceptors (Lipinski definition) is 4. The fourth-order valence-electron chi connectivity index (χ4n) is 1.92. The number of ether oxygens (including phenoxy) is 1. The molecule has 5 nitrogen and oxygen atoms in total. The zero-order chi connectivity index (χ0) is 14.5. The highest BCUT2D eigenvalue weighted by Crippen LogP contribution is 2.28. The summed E-state index contributed by atoms with van der Waals surface area (Å²) in [6.45, 7) is 3.86. The monoisotopic (exact) mass is 295 g/mol. The van der Waals surface area contributed by atoms with E-state index in [0.717, 1.165) is 0 Å². The maximum atomic E-state index is 12.5. The summed E-state index contributed by atoms with van der Waals surface area (Å²) in [5.74, 6) is -0.947. The number of hydrogen-bond donors (Lipinski definition) is 1. The average Bonchev–Trinajstić information content (AvgIpc) is 2.48. The van der Waals surface area contributed by atoms with Crippen LogP contribution in [0, 0.1) is 0 Å². The van der Waals surface area contributed by atoms with Gasteiger partial charge in [-0.2, -0.15) is 0 Å². The van der Waals surface area contributed by atoms with Crippen molar-refractivity contribution in [2.45, 2.75) is 17.1 Å². The number of amides is 1. The number of rotatable bonds is 4. The first-order valence-electron chi connectivity index (χ1n) is 6.45. The number of carboxylic acids is 1. The number of morpholine rings is 1. The lowest BCUT2D eigenvalue weighted by Crippen LogP contribution is -2.40. The summed E-state index contributed by atoms with van der Waals surface area (Å²) in [5.41, 5.74) is 0.563. The van der Waals surface area contributed by atoms with Gasteiger partial charge in [0.25, 0.3) is 5.91 Å². The summed E-state index contributed by atoms with van der Waals surface area (Å²) in [5, 5.41) is 8.40. The van der Waals surface area contributed by atoms with Crippen LogP contribution < -0.4 is 0 Å². The molecule has 1 amide bonds. The normalized spacial score (nSPS) is 16.8. The number of carbonyl (C=O) groups excluding carboxylic acids is 1. The highest BCUT2D eigenvalue weighted by atomic mass is 32.2. The third kappa shape index (κ3) is 3.52. The van der Waals surface area contributed by atoms with Gasteiger partial charge >= 0.3 is 5.97 Å². The maximum absolute atomic E-state index is 12.5. The molecule has 0 saturated carbocycles. The molecule has 1 aliphatic rings. The lowest BCUT2D eigenvalue weighted by atomic mass is 10.2. The summed E-state index contributed by atoms with van der Waals surface area (Å²) in [6.07, 6.45) is 0. The SMILES string of the molecule is CC(Sc1ccccc1C(=O)N1CCOCC1)C(=O)O. The van der Waals surface area contributed by atoms with Crippen LogP contribution in [0.15, 0.2) is 29.2 Å². The number of carboxylic acid groups (broad SMARTS) is 1. The van der Waals surface area contributed by atoms with Crippen molar-refractivity contribution in [2.75, 3.05) is 26.3 Å². The van der Waals surface area contributed by atoms with E-state index in [1.165, 1.54) is 11.8 Å². The summed E-state index contributed by atoms with van der Waals surface area (Å²) in [7, 11) is 0. The summed E-state index contributed by atoms with van der Waals surface area (Å²) in [6, 6.07) is 7.14. The van der Waals surface area contributed by atoms with E-state index in [-0.39, 0.29) is 5.91 Å².